The van der Waals surface area contributed by atoms with Gasteiger partial charge in [-0.1, -0.05) is 18.2 Å². The van der Waals surface area contributed by atoms with E-state index in [1.807, 2.05) is 0 Å². The van der Waals surface area contributed by atoms with Crippen LogP contribution in [0.2, 0.25) is 0 Å². The van der Waals surface area contributed by atoms with Gasteiger partial charge in [-0.05, 0) is 31.5 Å². The van der Waals surface area contributed by atoms with Gasteiger partial charge < -0.3 is 21.6 Å². The molecule has 0 bridgehead atoms. The number of furan rings is 1. The zero-order valence-corrected chi connectivity index (χ0v) is 13.7. The van der Waals surface area contributed by atoms with Gasteiger partial charge in [0.15, 0.2) is 10.8 Å². The minimum atomic E-state index is -1.26. The van der Waals surface area contributed by atoms with E-state index in [0.29, 0.717) is 22.3 Å². The van der Waals surface area contributed by atoms with Gasteiger partial charge in [-0.2, -0.15) is 0 Å². The van der Waals surface area contributed by atoms with Crippen LogP contribution >= 0.6 is 0 Å². The fourth-order valence-corrected chi connectivity index (χ4v) is 2.45. The zero-order valence-electron chi connectivity index (χ0n) is 13.7. The average Bonchev–Trinajstić information content (AvgIpc) is 3.01. The predicted molar refractivity (Wildman–Crippen MR) is 92.3 cm³/mol. The first-order valence-electron chi connectivity index (χ1n) is 7.65. The van der Waals surface area contributed by atoms with Gasteiger partial charge in [0.25, 0.3) is 11.9 Å². The molecule has 2 rings (SSSR count). The van der Waals surface area contributed by atoms with Crippen LogP contribution in [0.4, 0.5) is 0 Å². The standard InChI is InChI=1S/C15H18N6O5/c16-7-3-5-10(13(17)22)20(15(18)19-21(24)25)14(23)12-8-9-4-1-2-6-11(9)26-12/h1-2,4,6,8,10H,3,5,7,16H2,(H2,17,22)(H2,18,19)/t10-/m0/s1. The van der Waals surface area contributed by atoms with Crippen molar-refractivity contribution in [1.82, 2.24) is 4.90 Å². The van der Waals surface area contributed by atoms with Gasteiger partial charge in [0.05, 0.1) is 0 Å². The van der Waals surface area contributed by atoms with Crippen LogP contribution in [0, 0.1) is 10.1 Å². The lowest BCUT2D eigenvalue weighted by Crippen LogP contribution is -2.54. The van der Waals surface area contributed by atoms with E-state index in [0.717, 1.165) is 0 Å². The summed E-state index contributed by atoms with van der Waals surface area (Å²) in [6.45, 7) is 0.225. The third-order valence-corrected chi connectivity index (χ3v) is 3.61. The van der Waals surface area contributed by atoms with E-state index < -0.39 is 28.8 Å². The molecule has 0 fully saturated rings. The maximum absolute atomic E-state index is 12.9. The van der Waals surface area contributed by atoms with Crippen molar-refractivity contribution in [2.45, 2.75) is 18.9 Å². The molecular weight excluding hydrogens is 344 g/mol. The Morgan fingerprint density at radius 1 is 1.31 bits per heavy atom. The van der Waals surface area contributed by atoms with Crippen molar-refractivity contribution in [3.05, 3.63) is 46.2 Å². The number of hydrogen-bond donors (Lipinski definition) is 3. The van der Waals surface area contributed by atoms with Crippen LogP contribution in [0.15, 0.2) is 39.9 Å². The Bertz CT molecular complexity index is 828. The molecule has 1 heterocycles. The number of hydrazone groups is 1. The van der Waals surface area contributed by atoms with Crippen molar-refractivity contribution in [1.29, 1.82) is 0 Å². The Morgan fingerprint density at radius 3 is 2.58 bits per heavy atom. The highest BCUT2D eigenvalue weighted by molar-refractivity contribution is 6.08. The maximum atomic E-state index is 12.9. The van der Waals surface area contributed by atoms with Crippen LogP contribution in [0.25, 0.3) is 11.0 Å². The minimum Gasteiger partial charge on any atom is -0.451 e. The Morgan fingerprint density at radius 2 is 2.00 bits per heavy atom. The van der Waals surface area contributed by atoms with Crippen LogP contribution in [-0.4, -0.2) is 40.3 Å². The molecule has 0 saturated heterocycles. The first-order chi connectivity index (χ1) is 12.3. The lowest BCUT2D eigenvalue weighted by atomic mass is 10.1. The van der Waals surface area contributed by atoms with Crippen LogP contribution in [0.5, 0.6) is 0 Å². The van der Waals surface area contributed by atoms with Gasteiger partial charge in [-0.15, -0.1) is 0 Å². The summed E-state index contributed by atoms with van der Waals surface area (Å²) in [7, 11) is 0. The summed E-state index contributed by atoms with van der Waals surface area (Å²) in [5, 5.41) is 13.2. The molecule has 0 aliphatic heterocycles. The number of primary amides is 1. The van der Waals surface area contributed by atoms with Gasteiger partial charge in [0.2, 0.25) is 5.91 Å². The SMILES string of the molecule is NCCC[C@@H](C(N)=O)N(C(=O)c1cc2ccccc2o1)C(N)=N[N+](=O)[O-]. The zero-order chi connectivity index (χ0) is 19.3. The number of carbonyl (C=O) groups excluding carboxylic acids is 2. The number of benzene rings is 1. The number of amides is 2. The number of guanidine groups is 1. The minimum absolute atomic E-state index is 0.0612. The average molecular weight is 362 g/mol. The molecule has 2 amide bonds. The summed E-state index contributed by atoms with van der Waals surface area (Å²) in [5.41, 5.74) is 16.8. The van der Waals surface area contributed by atoms with Crippen molar-refractivity contribution in [2.75, 3.05) is 6.54 Å². The molecule has 1 aromatic heterocycles. The first-order valence-corrected chi connectivity index (χ1v) is 7.65. The van der Waals surface area contributed by atoms with Gasteiger partial charge in [0, 0.05) is 5.39 Å². The summed E-state index contributed by atoms with van der Waals surface area (Å²) in [4.78, 5) is 36.0. The van der Waals surface area contributed by atoms with Crippen LogP contribution in [-0.2, 0) is 4.79 Å². The topological polar surface area (TPSA) is 184 Å². The van der Waals surface area contributed by atoms with Crippen molar-refractivity contribution in [2.24, 2.45) is 22.3 Å². The Kier molecular flexibility index (Phi) is 5.86. The van der Waals surface area contributed by atoms with Crippen molar-refractivity contribution >= 4 is 28.7 Å². The quantitative estimate of drug-likeness (QED) is 0.267. The van der Waals surface area contributed by atoms with E-state index in [1.165, 1.54) is 6.07 Å². The lowest BCUT2D eigenvalue weighted by Gasteiger charge is -2.26. The molecule has 2 aromatic rings. The highest BCUT2D eigenvalue weighted by Crippen LogP contribution is 2.21. The van der Waals surface area contributed by atoms with Gasteiger partial charge >= 0.3 is 0 Å². The molecule has 0 spiro atoms. The van der Waals surface area contributed by atoms with Crippen LogP contribution in [0.1, 0.15) is 23.4 Å². The van der Waals surface area contributed by atoms with E-state index in [4.69, 9.17) is 21.6 Å². The number of fused-ring (bicyclic) bond motifs is 1. The Balaban J connectivity index is 2.48. The van der Waals surface area contributed by atoms with Gasteiger partial charge in [0.1, 0.15) is 16.7 Å². The number of nitrogens with two attached hydrogens (primary N) is 3. The normalized spacial score (nSPS) is 12.7. The van der Waals surface area contributed by atoms with Gasteiger partial charge in [-0.25, -0.2) is 10.1 Å². The molecule has 0 aliphatic carbocycles. The van der Waals surface area contributed by atoms with Crippen molar-refractivity contribution in [3.63, 3.8) is 0 Å². The van der Waals surface area contributed by atoms with E-state index in [9.17, 15) is 19.7 Å². The largest absolute Gasteiger partial charge is 0.451 e. The van der Waals surface area contributed by atoms with Crippen LogP contribution < -0.4 is 17.2 Å². The molecule has 26 heavy (non-hydrogen) atoms. The predicted octanol–water partition coefficient (Wildman–Crippen LogP) is -0.0258. The molecule has 6 N–H and O–H groups in total. The number of hydrogen-bond acceptors (Lipinski definition) is 6. The van der Waals surface area contributed by atoms with E-state index in [2.05, 4.69) is 5.10 Å². The maximum Gasteiger partial charge on any atom is 0.297 e. The third kappa shape index (κ3) is 4.13. The highest BCUT2D eigenvalue weighted by Gasteiger charge is 2.34. The molecule has 0 saturated carbocycles. The van der Waals surface area contributed by atoms with E-state index in [1.54, 1.807) is 24.3 Å². The second-order valence-corrected chi connectivity index (χ2v) is 5.37. The fourth-order valence-electron chi connectivity index (χ4n) is 2.45. The Labute approximate surface area is 147 Å². The molecule has 0 unspecified atom stereocenters. The first kappa shape index (κ1) is 18.9. The lowest BCUT2D eigenvalue weighted by molar-refractivity contribution is -0.485. The molecule has 0 aliphatic rings. The smallest absolute Gasteiger partial charge is 0.297 e. The highest BCUT2D eigenvalue weighted by atomic mass is 16.7. The van der Waals surface area contributed by atoms with Crippen LogP contribution in [0.3, 0.4) is 0 Å². The van der Waals surface area contributed by atoms with Gasteiger partial charge in [-0.3, -0.25) is 14.5 Å². The second-order valence-electron chi connectivity index (χ2n) is 5.37. The number of carbonyl (C=O) groups is 2. The van der Waals surface area contributed by atoms with Crippen molar-refractivity contribution < 1.29 is 19.0 Å². The summed E-state index contributed by atoms with van der Waals surface area (Å²) in [6.07, 6.45) is 0.398. The molecular formula is C15H18N6O5. The molecule has 11 heteroatoms. The molecule has 1 aromatic carbocycles. The number of rotatable bonds is 7. The summed E-state index contributed by atoms with van der Waals surface area (Å²) < 4.78 is 5.45. The molecule has 1 atom stereocenters. The summed E-state index contributed by atoms with van der Waals surface area (Å²) in [5.74, 6) is -2.71. The third-order valence-electron chi connectivity index (χ3n) is 3.61. The molecule has 11 nitrogen and oxygen atoms in total. The fraction of sp³-hybridized carbons (Fsp3) is 0.267. The molecule has 138 valence electrons. The summed E-state index contributed by atoms with van der Waals surface area (Å²) in [6, 6.07) is 7.00. The second kappa shape index (κ2) is 8.07. The van der Waals surface area contributed by atoms with Crippen molar-refractivity contribution in [3.8, 4) is 0 Å². The number of nitro groups is 1. The summed E-state index contributed by atoms with van der Waals surface area (Å²) >= 11 is 0. The number of nitrogens with zero attached hydrogens (tertiary/aromatic N) is 3. The monoisotopic (exact) mass is 362 g/mol. The van der Waals surface area contributed by atoms with E-state index >= 15 is 0 Å². The number of para-hydroxylation sites is 1. The van der Waals surface area contributed by atoms with E-state index in [-0.39, 0.29) is 18.7 Å². The molecule has 0 radical (unpaired) electrons. The Hall–Kier alpha value is -3.47.